The molecule has 0 saturated carbocycles. The van der Waals surface area contributed by atoms with Crippen LogP contribution in [0.4, 0.5) is 0 Å². The molecule has 0 amide bonds. The van der Waals surface area contributed by atoms with Crippen molar-refractivity contribution in [3.63, 3.8) is 0 Å². The first-order valence-electron chi connectivity index (χ1n) is 19.2. The Kier molecular flexibility index (Phi) is 7.30. The van der Waals surface area contributed by atoms with Gasteiger partial charge in [-0.05, 0) is 53.6 Å². The lowest BCUT2D eigenvalue weighted by Crippen LogP contribution is -2.33. The lowest BCUT2D eigenvalue weighted by atomic mass is 9.97. The molecule has 4 heterocycles. The van der Waals surface area contributed by atoms with Crippen molar-refractivity contribution in [3.05, 3.63) is 199 Å². The van der Waals surface area contributed by atoms with Crippen molar-refractivity contribution in [1.82, 2.24) is 9.88 Å². The van der Waals surface area contributed by atoms with E-state index >= 15 is 0 Å². The largest absolute Gasteiger partial charge is 0.344 e. The smallest absolute Gasteiger partial charge is 0.159 e. The molecule has 1 N–H and O–H groups in total. The zero-order chi connectivity index (χ0) is 37.5. The third-order valence-electron chi connectivity index (χ3n) is 11.3. The van der Waals surface area contributed by atoms with Gasteiger partial charge in [0.05, 0.1) is 11.0 Å². The predicted octanol–water partition coefficient (Wildman–Crippen LogP) is 13.7. The molecule has 1 aliphatic rings. The number of rotatable bonds is 5. The average molecular weight is 765 g/mol. The van der Waals surface area contributed by atoms with E-state index in [-0.39, 0.29) is 6.17 Å². The predicted molar refractivity (Wildman–Crippen MR) is 244 cm³/mol. The molecule has 0 radical (unpaired) electrons. The SMILES string of the molecule is c1ccc(C2=NC(c3cccc4sc5cc(-c6cccc7sc8cc(-n9c%10ccccc%10c%10ccccc%109)ccc8c67)ccc5c34)NC(c3ccccc3)=N2)cc1. The van der Waals surface area contributed by atoms with Crippen LogP contribution in [0.3, 0.4) is 0 Å². The minimum Gasteiger partial charge on any atom is -0.344 e. The molecule has 11 aromatic rings. The number of para-hydroxylation sites is 2. The maximum Gasteiger partial charge on any atom is 0.159 e. The van der Waals surface area contributed by atoms with Crippen LogP contribution in [0.25, 0.3) is 79.0 Å². The zero-order valence-corrected chi connectivity index (χ0v) is 32.2. The van der Waals surface area contributed by atoms with Crippen LogP contribution in [0.15, 0.2) is 192 Å². The molecule has 1 unspecified atom stereocenters. The van der Waals surface area contributed by atoms with E-state index in [4.69, 9.17) is 9.98 Å². The summed E-state index contributed by atoms with van der Waals surface area (Å²) in [6.07, 6.45) is -0.299. The number of nitrogens with zero attached hydrogens (tertiary/aromatic N) is 3. The maximum atomic E-state index is 5.23. The number of hydrogen-bond donors (Lipinski definition) is 1. The van der Waals surface area contributed by atoms with Gasteiger partial charge < -0.3 is 9.88 Å². The fourth-order valence-electron chi connectivity index (χ4n) is 8.71. The van der Waals surface area contributed by atoms with E-state index in [9.17, 15) is 0 Å². The number of aromatic nitrogens is 1. The summed E-state index contributed by atoms with van der Waals surface area (Å²) in [4.78, 5) is 10.2. The normalized spacial score (nSPS) is 14.5. The van der Waals surface area contributed by atoms with Gasteiger partial charge in [-0.3, -0.25) is 0 Å². The summed E-state index contributed by atoms with van der Waals surface area (Å²) < 4.78 is 7.51. The highest BCUT2D eigenvalue weighted by molar-refractivity contribution is 7.26. The second-order valence-corrected chi connectivity index (χ2v) is 16.7. The zero-order valence-electron chi connectivity index (χ0n) is 30.6. The number of aliphatic imine (C=N–C) groups is 2. The lowest BCUT2D eigenvalue weighted by molar-refractivity contribution is 0.680. The Balaban J connectivity index is 0.971. The fourth-order valence-corrected chi connectivity index (χ4v) is 11.1. The second kappa shape index (κ2) is 12.8. The molecule has 0 aliphatic carbocycles. The van der Waals surface area contributed by atoms with Gasteiger partial charge in [-0.1, -0.05) is 140 Å². The quantitative estimate of drug-likeness (QED) is 0.186. The molecule has 268 valence electrons. The van der Waals surface area contributed by atoms with Gasteiger partial charge in [-0.15, -0.1) is 22.7 Å². The van der Waals surface area contributed by atoms with Crippen LogP contribution < -0.4 is 5.32 Å². The second-order valence-electron chi connectivity index (χ2n) is 14.6. The van der Waals surface area contributed by atoms with E-state index in [0.717, 1.165) is 28.4 Å². The van der Waals surface area contributed by atoms with Gasteiger partial charge >= 0.3 is 0 Å². The molecule has 4 nitrogen and oxygen atoms in total. The van der Waals surface area contributed by atoms with Gasteiger partial charge in [0.15, 0.2) is 5.84 Å². The van der Waals surface area contributed by atoms with Crippen LogP contribution in [-0.2, 0) is 0 Å². The van der Waals surface area contributed by atoms with Gasteiger partial charge in [-0.2, -0.15) is 0 Å². The molecule has 0 fully saturated rings. The Hall–Kier alpha value is -6.86. The molecule has 8 aromatic carbocycles. The molecule has 1 aliphatic heterocycles. The lowest BCUT2D eigenvalue weighted by Gasteiger charge is -2.24. The number of nitrogens with one attached hydrogen (secondary N) is 1. The van der Waals surface area contributed by atoms with E-state index in [0.29, 0.717) is 0 Å². The number of hydrogen-bond acceptors (Lipinski definition) is 5. The Morgan fingerprint density at radius 2 is 1.07 bits per heavy atom. The molecule has 3 aromatic heterocycles. The van der Waals surface area contributed by atoms with E-state index in [1.54, 1.807) is 0 Å². The summed E-state index contributed by atoms with van der Waals surface area (Å²) in [5.41, 5.74) is 9.32. The van der Waals surface area contributed by atoms with Crippen molar-refractivity contribution in [1.29, 1.82) is 0 Å². The minimum absolute atomic E-state index is 0.299. The summed E-state index contributed by atoms with van der Waals surface area (Å²) in [5.74, 6) is 1.56. The van der Waals surface area contributed by atoms with E-state index in [1.165, 1.54) is 79.0 Å². The molecule has 57 heavy (non-hydrogen) atoms. The molecule has 0 saturated heterocycles. The third-order valence-corrected chi connectivity index (χ3v) is 13.5. The van der Waals surface area contributed by atoms with Crippen LogP contribution in [-0.4, -0.2) is 16.2 Å². The topological polar surface area (TPSA) is 41.7 Å². The van der Waals surface area contributed by atoms with Crippen molar-refractivity contribution in [2.45, 2.75) is 6.17 Å². The summed E-state index contributed by atoms with van der Waals surface area (Å²) in [5, 5.41) is 11.3. The monoisotopic (exact) mass is 764 g/mol. The Labute approximate surface area is 336 Å². The molecule has 6 heteroatoms. The van der Waals surface area contributed by atoms with Crippen molar-refractivity contribution in [2.75, 3.05) is 0 Å². The molecule has 1 atom stereocenters. The minimum atomic E-state index is -0.299. The molecular weight excluding hydrogens is 733 g/mol. The molecule has 12 rings (SSSR count). The highest BCUT2D eigenvalue weighted by atomic mass is 32.1. The first-order chi connectivity index (χ1) is 28.2. The van der Waals surface area contributed by atoms with Crippen molar-refractivity contribution in [2.24, 2.45) is 9.98 Å². The van der Waals surface area contributed by atoms with Gasteiger partial charge in [0, 0.05) is 73.5 Å². The summed E-state index contributed by atoms with van der Waals surface area (Å²) in [7, 11) is 0. The van der Waals surface area contributed by atoms with Crippen molar-refractivity contribution < 1.29 is 0 Å². The third kappa shape index (κ3) is 5.18. The molecular formula is C51H32N4S2. The maximum absolute atomic E-state index is 5.23. The Bertz CT molecular complexity index is 3390. The fraction of sp³-hybridized carbons (Fsp3) is 0.0196. The summed E-state index contributed by atoms with van der Waals surface area (Å²) >= 11 is 3.72. The highest BCUT2D eigenvalue weighted by Crippen LogP contribution is 2.45. The van der Waals surface area contributed by atoms with E-state index in [1.807, 2.05) is 46.9 Å². The highest BCUT2D eigenvalue weighted by Gasteiger charge is 2.24. The number of fused-ring (bicyclic) bond motifs is 9. The molecule has 0 spiro atoms. The number of thiophene rings is 2. The summed E-state index contributed by atoms with van der Waals surface area (Å²) in [6.45, 7) is 0. The van der Waals surface area contributed by atoms with Gasteiger partial charge in [-0.25, -0.2) is 9.98 Å². The van der Waals surface area contributed by atoms with Crippen LogP contribution in [0.5, 0.6) is 0 Å². The van der Waals surface area contributed by atoms with Crippen LogP contribution >= 0.6 is 22.7 Å². The Morgan fingerprint density at radius 3 is 1.82 bits per heavy atom. The van der Waals surface area contributed by atoms with Crippen molar-refractivity contribution >= 4 is 96.5 Å². The number of benzene rings is 8. The molecule has 0 bridgehead atoms. The van der Waals surface area contributed by atoms with Gasteiger partial charge in [0.25, 0.3) is 0 Å². The van der Waals surface area contributed by atoms with Crippen LogP contribution in [0, 0.1) is 0 Å². The first kappa shape index (κ1) is 32.4. The van der Waals surface area contributed by atoms with Gasteiger partial charge in [0.2, 0.25) is 0 Å². The van der Waals surface area contributed by atoms with Gasteiger partial charge in [0.1, 0.15) is 12.0 Å². The summed E-state index contributed by atoms with van der Waals surface area (Å²) in [6, 6.07) is 65.4. The van der Waals surface area contributed by atoms with E-state index in [2.05, 4.69) is 168 Å². The van der Waals surface area contributed by atoms with Crippen LogP contribution in [0.2, 0.25) is 0 Å². The van der Waals surface area contributed by atoms with Crippen LogP contribution in [0.1, 0.15) is 22.9 Å². The first-order valence-corrected chi connectivity index (χ1v) is 20.8. The average Bonchev–Trinajstić information content (AvgIpc) is 3.96. The van der Waals surface area contributed by atoms with E-state index < -0.39 is 0 Å². The standard InChI is InChI=1S/C51H32N4S2/c1-3-13-31(14-4-1)49-52-50(32-15-5-2-6-16-32)54-51(53-49)40-20-12-24-44-48(40)38-27-25-33(29-45(38)56-44)35-19-11-23-43-47(35)39-28-26-34(30-46(39)57-43)55-41-21-9-7-17-36(41)37-18-8-10-22-42(37)55/h1-30,51H,(H,52,53,54). The Morgan fingerprint density at radius 1 is 0.456 bits per heavy atom. The number of amidine groups is 2. The van der Waals surface area contributed by atoms with Crippen molar-refractivity contribution in [3.8, 4) is 16.8 Å².